The van der Waals surface area contributed by atoms with Crippen molar-refractivity contribution in [3.8, 4) is 0 Å². The summed E-state index contributed by atoms with van der Waals surface area (Å²) in [6.45, 7) is 8.11. The van der Waals surface area contributed by atoms with Crippen molar-refractivity contribution in [2.75, 3.05) is 36.8 Å². The van der Waals surface area contributed by atoms with E-state index in [1.165, 1.54) is 6.42 Å². The molecule has 0 saturated carbocycles. The lowest BCUT2D eigenvalue weighted by Crippen LogP contribution is -2.33. The second-order valence-corrected chi connectivity index (χ2v) is 6.89. The number of anilines is 2. The second kappa shape index (κ2) is 5.58. The minimum absolute atomic E-state index is 0.167. The topological polar surface area (TPSA) is 44.4 Å². The van der Waals surface area contributed by atoms with Gasteiger partial charge in [0.1, 0.15) is 0 Å². The van der Waals surface area contributed by atoms with E-state index in [0.717, 1.165) is 56.0 Å². The molecule has 21 heavy (non-hydrogen) atoms. The van der Waals surface area contributed by atoms with E-state index >= 15 is 0 Å². The first-order valence-corrected chi connectivity index (χ1v) is 7.97. The van der Waals surface area contributed by atoms with Crippen LogP contribution in [0.4, 0.5) is 11.4 Å². The standard InChI is InChI=1S/C17H25N3O/c1-17(2)7-4-11-20(12-8-17)16(21)13-5-3-6-14-15(13)19-10-9-18-14/h3,5-6,18-19H,4,7-12H2,1-2H3. The molecule has 1 aromatic rings. The van der Waals surface area contributed by atoms with Gasteiger partial charge < -0.3 is 15.5 Å². The predicted molar refractivity (Wildman–Crippen MR) is 87.0 cm³/mol. The van der Waals surface area contributed by atoms with Crippen LogP contribution >= 0.6 is 0 Å². The van der Waals surface area contributed by atoms with Crippen molar-refractivity contribution < 1.29 is 4.79 Å². The van der Waals surface area contributed by atoms with Crippen LogP contribution in [0.15, 0.2) is 18.2 Å². The van der Waals surface area contributed by atoms with E-state index in [4.69, 9.17) is 0 Å². The number of hydrogen-bond acceptors (Lipinski definition) is 3. The SMILES string of the molecule is CC1(C)CCCN(C(=O)c2cccc3c2NCCN3)CC1. The summed E-state index contributed by atoms with van der Waals surface area (Å²) in [5.41, 5.74) is 3.17. The van der Waals surface area contributed by atoms with Gasteiger partial charge >= 0.3 is 0 Å². The molecule has 0 bridgehead atoms. The summed E-state index contributed by atoms with van der Waals surface area (Å²) in [5.74, 6) is 0.167. The Labute approximate surface area is 126 Å². The lowest BCUT2D eigenvalue weighted by molar-refractivity contribution is 0.0758. The molecule has 2 aliphatic heterocycles. The van der Waals surface area contributed by atoms with Crippen LogP contribution in [-0.4, -0.2) is 37.0 Å². The van der Waals surface area contributed by atoms with Crippen LogP contribution in [0.3, 0.4) is 0 Å². The van der Waals surface area contributed by atoms with Crippen LogP contribution in [0, 0.1) is 5.41 Å². The third kappa shape index (κ3) is 2.99. The number of likely N-dealkylation sites (tertiary alicyclic amines) is 1. The molecule has 1 saturated heterocycles. The molecule has 1 amide bonds. The van der Waals surface area contributed by atoms with Gasteiger partial charge in [0.25, 0.3) is 5.91 Å². The fraction of sp³-hybridized carbons (Fsp3) is 0.588. The van der Waals surface area contributed by atoms with Crippen LogP contribution < -0.4 is 10.6 Å². The fourth-order valence-corrected chi connectivity index (χ4v) is 3.25. The Morgan fingerprint density at radius 2 is 1.95 bits per heavy atom. The molecule has 3 rings (SSSR count). The number of rotatable bonds is 1. The van der Waals surface area contributed by atoms with Gasteiger partial charge in [-0.05, 0) is 36.8 Å². The number of nitrogens with zero attached hydrogens (tertiary/aromatic N) is 1. The Kier molecular flexibility index (Phi) is 3.79. The highest BCUT2D eigenvalue weighted by Crippen LogP contribution is 2.32. The molecule has 0 radical (unpaired) electrons. The lowest BCUT2D eigenvalue weighted by atomic mass is 9.85. The normalized spacial score (nSPS) is 20.8. The molecule has 0 aromatic heterocycles. The molecule has 0 aliphatic carbocycles. The van der Waals surface area contributed by atoms with E-state index in [1.807, 2.05) is 23.1 Å². The number of amides is 1. The summed E-state index contributed by atoms with van der Waals surface area (Å²) in [6.07, 6.45) is 3.38. The Morgan fingerprint density at radius 3 is 2.81 bits per heavy atom. The molecule has 2 heterocycles. The number of fused-ring (bicyclic) bond motifs is 1. The third-order valence-corrected chi connectivity index (χ3v) is 4.66. The minimum atomic E-state index is 0.167. The van der Waals surface area contributed by atoms with Crippen LogP contribution in [0.25, 0.3) is 0 Å². The molecule has 0 unspecified atom stereocenters. The molecular weight excluding hydrogens is 262 g/mol. The Balaban J connectivity index is 1.82. The third-order valence-electron chi connectivity index (χ3n) is 4.66. The molecule has 4 nitrogen and oxygen atoms in total. The first-order chi connectivity index (χ1) is 10.1. The molecule has 2 aliphatic rings. The number of para-hydroxylation sites is 1. The zero-order chi connectivity index (χ0) is 14.9. The first kappa shape index (κ1) is 14.2. The molecule has 114 valence electrons. The average molecular weight is 287 g/mol. The summed E-state index contributed by atoms with van der Waals surface area (Å²) in [4.78, 5) is 14.9. The van der Waals surface area contributed by atoms with Crippen LogP contribution in [0.1, 0.15) is 43.5 Å². The molecule has 2 N–H and O–H groups in total. The molecule has 1 fully saturated rings. The highest BCUT2D eigenvalue weighted by atomic mass is 16.2. The number of hydrogen-bond donors (Lipinski definition) is 2. The summed E-state index contributed by atoms with van der Waals surface area (Å²) >= 11 is 0. The van der Waals surface area contributed by atoms with E-state index in [0.29, 0.717) is 5.41 Å². The van der Waals surface area contributed by atoms with E-state index < -0.39 is 0 Å². The molecule has 4 heteroatoms. The monoisotopic (exact) mass is 287 g/mol. The molecule has 1 aromatic carbocycles. The van der Waals surface area contributed by atoms with E-state index in [-0.39, 0.29) is 5.91 Å². The van der Waals surface area contributed by atoms with Crippen molar-refractivity contribution >= 4 is 17.3 Å². The summed E-state index contributed by atoms with van der Waals surface area (Å²) < 4.78 is 0. The summed E-state index contributed by atoms with van der Waals surface area (Å²) in [6, 6.07) is 5.94. The number of carbonyl (C=O) groups excluding carboxylic acids is 1. The molecule has 0 atom stereocenters. The highest BCUT2D eigenvalue weighted by molar-refractivity contribution is 6.02. The van der Waals surface area contributed by atoms with Gasteiger partial charge in [0.15, 0.2) is 0 Å². The zero-order valence-electron chi connectivity index (χ0n) is 13.0. The summed E-state index contributed by atoms with van der Waals surface area (Å²) in [5, 5.41) is 6.73. The fourth-order valence-electron chi connectivity index (χ4n) is 3.25. The maximum absolute atomic E-state index is 12.9. The van der Waals surface area contributed by atoms with Gasteiger partial charge in [-0.3, -0.25) is 4.79 Å². The average Bonchev–Trinajstić information content (AvgIpc) is 2.67. The Hall–Kier alpha value is -1.71. The van der Waals surface area contributed by atoms with Gasteiger partial charge in [-0.2, -0.15) is 0 Å². The van der Waals surface area contributed by atoms with Gasteiger partial charge in [0, 0.05) is 26.2 Å². The molecular formula is C17H25N3O. The summed E-state index contributed by atoms with van der Waals surface area (Å²) in [7, 11) is 0. The van der Waals surface area contributed by atoms with E-state index in [1.54, 1.807) is 0 Å². The van der Waals surface area contributed by atoms with Crippen molar-refractivity contribution in [1.82, 2.24) is 4.90 Å². The van der Waals surface area contributed by atoms with Crippen molar-refractivity contribution in [3.05, 3.63) is 23.8 Å². The largest absolute Gasteiger partial charge is 0.382 e. The van der Waals surface area contributed by atoms with Crippen molar-refractivity contribution in [2.24, 2.45) is 5.41 Å². The van der Waals surface area contributed by atoms with Crippen molar-refractivity contribution in [3.63, 3.8) is 0 Å². The van der Waals surface area contributed by atoms with E-state index in [2.05, 4.69) is 24.5 Å². The van der Waals surface area contributed by atoms with Gasteiger partial charge in [-0.25, -0.2) is 0 Å². The van der Waals surface area contributed by atoms with E-state index in [9.17, 15) is 4.79 Å². The van der Waals surface area contributed by atoms with Gasteiger partial charge in [-0.15, -0.1) is 0 Å². The van der Waals surface area contributed by atoms with Crippen molar-refractivity contribution in [1.29, 1.82) is 0 Å². The maximum atomic E-state index is 12.9. The number of benzene rings is 1. The van der Waals surface area contributed by atoms with Crippen molar-refractivity contribution in [2.45, 2.75) is 33.1 Å². The van der Waals surface area contributed by atoms with Gasteiger partial charge in [0.2, 0.25) is 0 Å². The molecule has 0 spiro atoms. The predicted octanol–water partition coefficient (Wildman–Crippen LogP) is 3.18. The van der Waals surface area contributed by atoms with Gasteiger partial charge in [0.05, 0.1) is 16.9 Å². The van der Waals surface area contributed by atoms with Crippen LogP contribution in [0.5, 0.6) is 0 Å². The minimum Gasteiger partial charge on any atom is -0.382 e. The first-order valence-electron chi connectivity index (χ1n) is 7.97. The second-order valence-electron chi connectivity index (χ2n) is 6.89. The Bertz CT molecular complexity index is 539. The smallest absolute Gasteiger partial charge is 0.256 e. The number of nitrogens with one attached hydrogen (secondary N) is 2. The Morgan fingerprint density at radius 1 is 1.14 bits per heavy atom. The van der Waals surface area contributed by atoms with Crippen LogP contribution in [-0.2, 0) is 0 Å². The zero-order valence-corrected chi connectivity index (χ0v) is 13.0. The number of carbonyl (C=O) groups is 1. The van der Waals surface area contributed by atoms with Crippen LogP contribution in [0.2, 0.25) is 0 Å². The quantitative estimate of drug-likeness (QED) is 0.834. The highest BCUT2D eigenvalue weighted by Gasteiger charge is 2.27. The van der Waals surface area contributed by atoms with Gasteiger partial charge in [-0.1, -0.05) is 19.9 Å². The lowest BCUT2D eigenvalue weighted by Gasteiger charge is -2.26. The maximum Gasteiger partial charge on any atom is 0.256 e.